The van der Waals surface area contributed by atoms with E-state index in [0.717, 1.165) is 0 Å². The maximum Gasteiger partial charge on any atom is 0.329 e. The van der Waals surface area contributed by atoms with Crippen molar-refractivity contribution in [2.75, 3.05) is 21.3 Å². The number of methoxy groups -OCH3 is 3. The topological polar surface area (TPSA) is 112 Å². The van der Waals surface area contributed by atoms with Crippen LogP contribution < -0.4 is 25.4 Å². The number of nitrogens with one attached hydrogen (secondary N) is 1. The Morgan fingerprint density at radius 3 is 2.15 bits per heavy atom. The van der Waals surface area contributed by atoms with E-state index in [-0.39, 0.29) is 0 Å². The molecule has 0 aromatic heterocycles. The highest BCUT2D eigenvalue weighted by Crippen LogP contribution is 2.33. The smallest absolute Gasteiger partial charge is 0.329 e. The van der Waals surface area contributed by atoms with Crippen molar-refractivity contribution in [2.45, 2.75) is 0 Å². The molecule has 0 atom stereocenters. The van der Waals surface area contributed by atoms with Gasteiger partial charge in [0.25, 0.3) is 0 Å². The monoisotopic (exact) mass is 281 g/mol. The zero-order chi connectivity index (χ0) is 15.1. The largest absolute Gasteiger partial charge is 0.496 e. The van der Waals surface area contributed by atoms with Crippen molar-refractivity contribution in [3.63, 3.8) is 0 Å². The minimum atomic E-state index is -1.12. The number of nitrogens with two attached hydrogens (primary N) is 1. The lowest BCUT2D eigenvalue weighted by atomic mass is 10.2. The second kappa shape index (κ2) is 6.98. The van der Waals surface area contributed by atoms with E-state index in [1.807, 2.05) is 5.43 Å². The molecule has 20 heavy (non-hydrogen) atoms. The maximum atomic E-state index is 10.9. The van der Waals surface area contributed by atoms with E-state index in [1.54, 1.807) is 12.1 Å². The van der Waals surface area contributed by atoms with Crippen LogP contribution in [0.25, 0.3) is 0 Å². The lowest BCUT2D eigenvalue weighted by molar-refractivity contribution is -0.137. The molecule has 0 spiro atoms. The van der Waals surface area contributed by atoms with E-state index in [1.165, 1.54) is 27.5 Å². The molecule has 8 heteroatoms. The van der Waals surface area contributed by atoms with E-state index in [4.69, 9.17) is 19.9 Å². The predicted octanol–water partition coefficient (Wildman–Crippen LogP) is -0.352. The number of rotatable bonds is 5. The van der Waals surface area contributed by atoms with E-state index in [0.29, 0.717) is 22.8 Å². The fraction of sp³-hybridized carbons (Fsp3) is 0.250. The summed E-state index contributed by atoms with van der Waals surface area (Å²) in [7, 11) is 4.46. The molecule has 0 aliphatic carbocycles. The fourth-order valence-electron chi connectivity index (χ4n) is 1.37. The first-order valence-electron chi connectivity index (χ1n) is 5.46. The second-order valence-electron chi connectivity index (χ2n) is 3.51. The molecule has 0 heterocycles. The molecule has 1 rings (SSSR count). The Kier molecular flexibility index (Phi) is 5.33. The summed E-state index contributed by atoms with van der Waals surface area (Å²) in [6.45, 7) is 0. The third-order valence-corrected chi connectivity index (χ3v) is 2.33. The molecule has 0 unspecified atom stereocenters. The Morgan fingerprint density at radius 1 is 1.10 bits per heavy atom. The Bertz CT molecular complexity index is 542. The van der Waals surface area contributed by atoms with E-state index >= 15 is 0 Å². The van der Waals surface area contributed by atoms with Crippen LogP contribution in [-0.4, -0.2) is 39.4 Å². The van der Waals surface area contributed by atoms with Crippen LogP contribution in [0.4, 0.5) is 0 Å². The van der Waals surface area contributed by atoms with Gasteiger partial charge in [-0.3, -0.25) is 9.59 Å². The average Bonchev–Trinajstić information content (AvgIpc) is 2.46. The number of primary amides is 1. The van der Waals surface area contributed by atoms with Crippen LogP contribution in [-0.2, 0) is 9.59 Å². The highest BCUT2D eigenvalue weighted by Gasteiger charge is 2.11. The van der Waals surface area contributed by atoms with Crippen molar-refractivity contribution in [3.05, 3.63) is 17.7 Å². The van der Waals surface area contributed by atoms with Crippen molar-refractivity contribution in [2.24, 2.45) is 10.8 Å². The summed E-state index contributed by atoms with van der Waals surface area (Å²) >= 11 is 0. The number of nitrogens with zero attached hydrogens (tertiary/aromatic N) is 1. The molecule has 8 nitrogen and oxygen atoms in total. The number of carbonyl (C=O) groups excluding carboxylic acids is 2. The number of ether oxygens (including phenoxy) is 3. The van der Waals surface area contributed by atoms with Crippen LogP contribution >= 0.6 is 0 Å². The first kappa shape index (κ1) is 15.3. The van der Waals surface area contributed by atoms with Crippen molar-refractivity contribution >= 4 is 18.0 Å². The zero-order valence-corrected chi connectivity index (χ0v) is 11.3. The molecule has 0 saturated carbocycles. The number of hydrogen-bond donors (Lipinski definition) is 2. The Morgan fingerprint density at radius 2 is 1.65 bits per heavy atom. The van der Waals surface area contributed by atoms with Gasteiger partial charge < -0.3 is 19.9 Å². The van der Waals surface area contributed by atoms with Gasteiger partial charge in [0.05, 0.1) is 27.5 Å². The van der Waals surface area contributed by atoms with Gasteiger partial charge in [-0.15, -0.1) is 0 Å². The standard InChI is InChI=1S/C12H15N3O5/c1-18-8-5-10(20-3)9(19-2)4-7(8)6-14-15-12(17)11(13)16/h4-6H,1-3H3,(H2,13,16)(H,15,17)/b14-6+. The second-order valence-corrected chi connectivity index (χ2v) is 3.51. The summed E-state index contributed by atoms with van der Waals surface area (Å²) in [6, 6.07) is 3.22. The number of amides is 2. The van der Waals surface area contributed by atoms with Gasteiger partial charge >= 0.3 is 11.8 Å². The van der Waals surface area contributed by atoms with E-state index in [9.17, 15) is 9.59 Å². The summed E-state index contributed by atoms with van der Waals surface area (Å²) in [5, 5.41) is 3.60. The first-order chi connectivity index (χ1) is 9.53. The molecule has 0 fully saturated rings. The molecule has 0 radical (unpaired) electrons. The van der Waals surface area contributed by atoms with E-state index in [2.05, 4.69) is 5.10 Å². The van der Waals surface area contributed by atoms with Gasteiger partial charge in [0.1, 0.15) is 5.75 Å². The molecule has 0 aliphatic heterocycles. The van der Waals surface area contributed by atoms with Crippen molar-refractivity contribution in [3.8, 4) is 17.2 Å². The maximum absolute atomic E-state index is 10.9. The Hall–Kier alpha value is -2.77. The van der Waals surface area contributed by atoms with Crippen LogP contribution in [0.2, 0.25) is 0 Å². The lowest BCUT2D eigenvalue weighted by Crippen LogP contribution is -2.32. The van der Waals surface area contributed by atoms with Crippen LogP contribution in [0.1, 0.15) is 5.56 Å². The summed E-state index contributed by atoms with van der Waals surface area (Å²) in [4.78, 5) is 21.5. The third kappa shape index (κ3) is 3.61. The van der Waals surface area contributed by atoms with Gasteiger partial charge in [0.2, 0.25) is 0 Å². The van der Waals surface area contributed by atoms with Gasteiger partial charge in [-0.1, -0.05) is 0 Å². The van der Waals surface area contributed by atoms with Crippen LogP contribution in [0.3, 0.4) is 0 Å². The molecule has 0 saturated heterocycles. The zero-order valence-electron chi connectivity index (χ0n) is 11.3. The summed E-state index contributed by atoms with van der Waals surface area (Å²) in [5.41, 5.74) is 7.27. The minimum Gasteiger partial charge on any atom is -0.496 e. The molecule has 1 aromatic rings. The van der Waals surface area contributed by atoms with Crippen LogP contribution in [0, 0.1) is 0 Å². The normalized spacial score (nSPS) is 10.2. The SMILES string of the molecule is COc1cc(OC)c(OC)cc1/C=N/NC(=O)C(N)=O. The molecule has 1 aromatic carbocycles. The number of hydrogen-bond acceptors (Lipinski definition) is 6. The van der Waals surface area contributed by atoms with Crippen LogP contribution in [0.15, 0.2) is 17.2 Å². The van der Waals surface area contributed by atoms with Crippen molar-refractivity contribution in [1.82, 2.24) is 5.43 Å². The summed E-state index contributed by atoms with van der Waals surface area (Å²) < 4.78 is 15.4. The van der Waals surface area contributed by atoms with E-state index < -0.39 is 11.8 Å². The lowest BCUT2D eigenvalue weighted by Gasteiger charge is -2.11. The van der Waals surface area contributed by atoms with Gasteiger partial charge in [-0.05, 0) is 6.07 Å². The van der Waals surface area contributed by atoms with Crippen molar-refractivity contribution in [1.29, 1.82) is 0 Å². The summed E-state index contributed by atoms with van der Waals surface area (Å²) in [5.74, 6) is -0.722. The Balaban J connectivity index is 3.01. The number of hydrazone groups is 1. The van der Waals surface area contributed by atoms with Gasteiger partial charge in [-0.25, -0.2) is 5.43 Å². The molecular formula is C12H15N3O5. The van der Waals surface area contributed by atoms with Gasteiger partial charge in [0, 0.05) is 11.6 Å². The quantitative estimate of drug-likeness (QED) is 0.435. The highest BCUT2D eigenvalue weighted by atomic mass is 16.5. The van der Waals surface area contributed by atoms with Crippen LogP contribution in [0.5, 0.6) is 17.2 Å². The predicted molar refractivity (Wildman–Crippen MR) is 71.0 cm³/mol. The molecule has 0 bridgehead atoms. The highest BCUT2D eigenvalue weighted by molar-refractivity contribution is 6.34. The minimum absolute atomic E-state index is 0.458. The molecule has 0 aliphatic rings. The fourth-order valence-corrected chi connectivity index (χ4v) is 1.37. The average molecular weight is 281 g/mol. The van der Waals surface area contributed by atoms with Gasteiger partial charge in [0.15, 0.2) is 11.5 Å². The molecule has 2 amide bonds. The molecule has 108 valence electrons. The first-order valence-corrected chi connectivity index (χ1v) is 5.46. The number of benzene rings is 1. The summed E-state index contributed by atoms with van der Waals surface area (Å²) in [6.07, 6.45) is 1.29. The third-order valence-electron chi connectivity index (χ3n) is 2.33. The molecule has 3 N–H and O–H groups in total. The Labute approximate surface area is 115 Å². The number of carbonyl (C=O) groups is 2. The van der Waals surface area contributed by atoms with Gasteiger partial charge in [-0.2, -0.15) is 5.10 Å². The molecular weight excluding hydrogens is 266 g/mol. The van der Waals surface area contributed by atoms with Crippen molar-refractivity contribution < 1.29 is 23.8 Å².